The fourth-order valence-corrected chi connectivity index (χ4v) is 2.90. The molecule has 2 unspecified atom stereocenters. The van der Waals surface area contributed by atoms with Gasteiger partial charge in [0.05, 0.1) is 12.8 Å². The first-order valence-corrected chi connectivity index (χ1v) is 9.40. The van der Waals surface area contributed by atoms with Crippen LogP contribution < -0.4 is 16.4 Å². The Kier molecular flexibility index (Phi) is 8.07. The fraction of sp³-hybridized carbons (Fsp3) is 0.286. The SMILES string of the molecule is CC(NC(N)=O)C(=O)NC(CC(=O)O)C(=O)COC(=O)Cc1cccc2ccccc12. The zero-order valence-electron chi connectivity index (χ0n) is 16.8. The number of fused-ring (bicyclic) bond motifs is 1. The van der Waals surface area contributed by atoms with Crippen LogP contribution in [0, 0.1) is 0 Å². The van der Waals surface area contributed by atoms with E-state index in [2.05, 4.69) is 10.6 Å². The molecule has 3 amide bonds. The van der Waals surface area contributed by atoms with E-state index in [-0.39, 0.29) is 6.42 Å². The number of carboxylic acid groups (broad SMARTS) is 1. The number of carbonyl (C=O) groups is 5. The zero-order chi connectivity index (χ0) is 23.0. The minimum Gasteiger partial charge on any atom is -0.481 e. The largest absolute Gasteiger partial charge is 0.481 e. The highest BCUT2D eigenvalue weighted by molar-refractivity contribution is 5.95. The standard InChI is InChI=1S/C21H23N3O7/c1-12(23-21(22)30)20(29)24-16(10-18(26)27)17(25)11-31-19(28)9-14-7-4-6-13-5-2-3-8-15(13)14/h2-8,12,16H,9-11H2,1H3,(H,24,29)(H,26,27)(H3,22,23,30). The molecule has 2 rings (SSSR count). The predicted molar refractivity (Wildman–Crippen MR) is 110 cm³/mol. The van der Waals surface area contributed by atoms with Gasteiger partial charge in [-0.2, -0.15) is 0 Å². The summed E-state index contributed by atoms with van der Waals surface area (Å²) in [6.45, 7) is 0.603. The van der Waals surface area contributed by atoms with Crippen molar-refractivity contribution in [1.82, 2.24) is 10.6 Å². The predicted octanol–water partition coefficient (Wildman–Crippen LogP) is 0.511. The highest BCUT2D eigenvalue weighted by atomic mass is 16.5. The van der Waals surface area contributed by atoms with Gasteiger partial charge in [-0.15, -0.1) is 0 Å². The number of hydrogen-bond donors (Lipinski definition) is 4. The summed E-state index contributed by atoms with van der Waals surface area (Å²) in [7, 11) is 0. The van der Waals surface area contributed by atoms with Gasteiger partial charge < -0.3 is 26.2 Å². The summed E-state index contributed by atoms with van der Waals surface area (Å²) in [5.74, 6) is -3.61. The molecule has 0 fully saturated rings. The quantitative estimate of drug-likeness (QED) is 0.399. The van der Waals surface area contributed by atoms with Crippen molar-refractivity contribution in [3.05, 3.63) is 48.0 Å². The number of ketones is 1. The molecule has 164 valence electrons. The van der Waals surface area contributed by atoms with Gasteiger partial charge in [-0.3, -0.25) is 19.2 Å². The van der Waals surface area contributed by atoms with Gasteiger partial charge in [0.15, 0.2) is 12.4 Å². The molecule has 2 aromatic carbocycles. The van der Waals surface area contributed by atoms with Crippen molar-refractivity contribution >= 4 is 40.4 Å². The lowest BCUT2D eigenvalue weighted by atomic mass is 10.0. The first-order chi connectivity index (χ1) is 14.7. The van der Waals surface area contributed by atoms with Crippen LogP contribution in [0.1, 0.15) is 18.9 Å². The lowest BCUT2D eigenvalue weighted by Gasteiger charge is -2.19. The number of hydrogen-bond acceptors (Lipinski definition) is 6. The number of esters is 1. The van der Waals surface area contributed by atoms with Crippen LogP contribution in [0.5, 0.6) is 0 Å². The third-order valence-electron chi connectivity index (χ3n) is 4.43. The number of rotatable bonds is 10. The molecule has 2 aromatic rings. The number of ether oxygens (including phenoxy) is 1. The third kappa shape index (κ3) is 7.11. The molecule has 0 heterocycles. The van der Waals surface area contributed by atoms with Crippen molar-refractivity contribution in [2.45, 2.75) is 31.8 Å². The summed E-state index contributed by atoms with van der Waals surface area (Å²) < 4.78 is 5.00. The van der Waals surface area contributed by atoms with Gasteiger partial charge in [0.25, 0.3) is 0 Å². The van der Waals surface area contributed by atoms with Gasteiger partial charge in [-0.1, -0.05) is 42.5 Å². The molecule has 0 bridgehead atoms. The Hall–Kier alpha value is -3.95. The van der Waals surface area contributed by atoms with Crippen LogP contribution in [0.4, 0.5) is 4.79 Å². The lowest BCUT2D eigenvalue weighted by Crippen LogP contribution is -2.52. The number of nitrogens with one attached hydrogen (secondary N) is 2. The summed E-state index contributed by atoms with van der Waals surface area (Å²) in [4.78, 5) is 58.5. The van der Waals surface area contributed by atoms with Crippen molar-refractivity contribution in [2.75, 3.05) is 6.61 Å². The van der Waals surface area contributed by atoms with Crippen LogP contribution >= 0.6 is 0 Å². The van der Waals surface area contributed by atoms with E-state index in [4.69, 9.17) is 15.6 Å². The minimum atomic E-state index is -1.44. The summed E-state index contributed by atoms with van der Waals surface area (Å²) in [5.41, 5.74) is 5.65. The number of benzene rings is 2. The molecule has 0 aromatic heterocycles. The molecule has 0 saturated heterocycles. The van der Waals surface area contributed by atoms with E-state index in [9.17, 15) is 24.0 Å². The molecule has 10 heteroatoms. The summed E-state index contributed by atoms with van der Waals surface area (Å²) in [5, 5.41) is 15.2. The van der Waals surface area contributed by atoms with Crippen LogP contribution in [0.3, 0.4) is 0 Å². The second-order valence-electron chi connectivity index (χ2n) is 6.83. The summed E-state index contributed by atoms with van der Waals surface area (Å²) in [6.07, 6.45) is -0.793. The first-order valence-electron chi connectivity index (χ1n) is 9.40. The summed E-state index contributed by atoms with van der Waals surface area (Å²) in [6, 6.07) is 9.48. The molecule has 0 aliphatic carbocycles. The van der Waals surface area contributed by atoms with Gasteiger partial charge in [-0.25, -0.2) is 4.79 Å². The lowest BCUT2D eigenvalue weighted by molar-refractivity contribution is -0.148. The van der Waals surface area contributed by atoms with Crippen LogP contribution in [0.25, 0.3) is 10.8 Å². The van der Waals surface area contributed by atoms with E-state index in [1.165, 1.54) is 6.92 Å². The van der Waals surface area contributed by atoms with Gasteiger partial charge in [0.2, 0.25) is 5.91 Å². The van der Waals surface area contributed by atoms with Crippen molar-refractivity contribution in [1.29, 1.82) is 0 Å². The Balaban J connectivity index is 1.97. The average molecular weight is 429 g/mol. The number of nitrogens with two attached hydrogens (primary N) is 1. The smallest absolute Gasteiger partial charge is 0.312 e. The van der Waals surface area contributed by atoms with Crippen molar-refractivity contribution < 1.29 is 33.8 Å². The number of amides is 3. The zero-order valence-corrected chi connectivity index (χ0v) is 16.8. The van der Waals surface area contributed by atoms with Crippen molar-refractivity contribution in [3.63, 3.8) is 0 Å². The van der Waals surface area contributed by atoms with E-state index in [0.717, 1.165) is 16.3 Å². The molecule has 5 N–H and O–H groups in total. The first kappa shape index (κ1) is 23.3. The van der Waals surface area contributed by atoms with Crippen LogP contribution in [-0.2, 0) is 30.3 Å². The van der Waals surface area contributed by atoms with Gasteiger partial charge in [0, 0.05) is 0 Å². The number of primary amides is 1. The Morgan fingerprint density at radius 3 is 2.39 bits per heavy atom. The topological polar surface area (TPSA) is 165 Å². The Labute approximate surface area is 177 Å². The average Bonchev–Trinajstić information content (AvgIpc) is 2.71. The molecule has 0 aliphatic rings. The molecule has 0 aliphatic heterocycles. The highest BCUT2D eigenvalue weighted by Gasteiger charge is 2.27. The van der Waals surface area contributed by atoms with E-state index in [0.29, 0.717) is 0 Å². The molecular weight excluding hydrogens is 406 g/mol. The molecule has 10 nitrogen and oxygen atoms in total. The van der Waals surface area contributed by atoms with Crippen LogP contribution in [-0.4, -0.2) is 53.5 Å². The summed E-state index contributed by atoms with van der Waals surface area (Å²) >= 11 is 0. The third-order valence-corrected chi connectivity index (χ3v) is 4.43. The second-order valence-corrected chi connectivity index (χ2v) is 6.83. The maximum Gasteiger partial charge on any atom is 0.312 e. The number of urea groups is 1. The number of carboxylic acids is 1. The molecule has 31 heavy (non-hydrogen) atoms. The van der Waals surface area contributed by atoms with Crippen molar-refractivity contribution in [3.8, 4) is 0 Å². The number of aliphatic carboxylic acids is 1. The maximum absolute atomic E-state index is 12.4. The van der Waals surface area contributed by atoms with Crippen LogP contribution in [0.15, 0.2) is 42.5 Å². The Bertz CT molecular complexity index is 1000. The van der Waals surface area contributed by atoms with Gasteiger partial charge >= 0.3 is 18.0 Å². The van der Waals surface area contributed by atoms with Gasteiger partial charge in [-0.05, 0) is 23.3 Å². The highest BCUT2D eigenvalue weighted by Crippen LogP contribution is 2.19. The molecule has 0 radical (unpaired) electrons. The second kappa shape index (κ2) is 10.7. The minimum absolute atomic E-state index is 0.0792. The Morgan fingerprint density at radius 2 is 1.71 bits per heavy atom. The van der Waals surface area contributed by atoms with E-state index >= 15 is 0 Å². The van der Waals surface area contributed by atoms with Gasteiger partial charge in [0.1, 0.15) is 12.1 Å². The number of carbonyl (C=O) groups excluding carboxylic acids is 4. The fourth-order valence-electron chi connectivity index (χ4n) is 2.90. The van der Waals surface area contributed by atoms with Crippen molar-refractivity contribution in [2.24, 2.45) is 5.73 Å². The molecular formula is C21H23N3O7. The molecule has 2 atom stereocenters. The van der Waals surface area contributed by atoms with E-state index < -0.39 is 54.8 Å². The Morgan fingerprint density at radius 1 is 1.03 bits per heavy atom. The maximum atomic E-state index is 12.4. The monoisotopic (exact) mass is 429 g/mol. The normalized spacial score (nSPS) is 12.4. The molecule has 0 spiro atoms. The van der Waals surface area contributed by atoms with E-state index in [1.54, 1.807) is 12.1 Å². The molecule has 0 saturated carbocycles. The number of Topliss-reactive ketones (excluding diaryl/α,β-unsaturated/α-hetero) is 1. The van der Waals surface area contributed by atoms with Crippen LogP contribution in [0.2, 0.25) is 0 Å². The van der Waals surface area contributed by atoms with E-state index in [1.807, 2.05) is 30.3 Å².